The molecular formula is C10H16BrN3O. The Morgan fingerprint density at radius 2 is 2.40 bits per heavy atom. The number of halogens is 1. The second-order valence-corrected chi connectivity index (χ2v) is 4.24. The molecule has 0 aliphatic heterocycles. The van der Waals surface area contributed by atoms with E-state index in [-0.39, 0.29) is 5.91 Å². The van der Waals surface area contributed by atoms with Crippen LogP contribution in [-0.4, -0.2) is 21.4 Å². The topological polar surface area (TPSA) is 57.8 Å². The van der Waals surface area contributed by atoms with Gasteiger partial charge in [0.2, 0.25) is 5.91 Å². The Hall–Kier alpha value is -0.840. The highest BCUT2D eigenvalue weighted by molar-refractivity contribution is 9.09. The van der Waals surface area contributed by atoms with Gasteiger partial charge in [-0.25, -0.2) is 0 Å². The van der Waals surface area contributed by atoms with Crippen LogP contribution in [0.2, 0.25) is 0 Å². The molecule has 0 radical (unpaired) electrons. The number of hydrogen-bond acceptors (Lipinski definition) is 2. The molecule has 15 heavy (non-hydrogen) atoms. The summed E-state index contributed by atoms with van der Waals surface area (Å²) in [7, 11) is 0. The van der Waals surface area contributed by atoms with Crippen molar-refractivity contribution < 1.29 is 4.79 Å². The van der Waals surface area contributed by atoms with Crippen molar-refractivity contribution in [1.29, 1.82) is 0 Å². The maximum absolute atomic E-state index is 11.4. The van der Waals surface area contributed by atoms with Gasteiger partial charge in [-0.1, -0.05) is 15.9 Å². The number of aromatic nitrogens is 2. The van der Waals surface area contributed by atoms with Crippen LogP contribution in [0.15, 0.2) is 6.20 Å². The van der Waals surface area contributed by atoms with E-state index in [4.69, 9.17) is 0 Å². The van der Waals surface area contributed by atoms with Crippen LogP contribution in [0.1, 0.15) is 30.5 Å². The molecule has 0 atom stereocenters. The lowest BCUT2D eigenvalue weighted by molar-refractivity contribution is -0.121. The molecule has 1 rings (SSSR count). The SMILES string of the molecule is Cc1[nH]ncc1CNC(=O)CCCCBr. The minimum absolute atomic E-state index is 0.108. The van der Waals surface area contributed by atoms with Gasteiger partial charge in [-0.05, 0) is 19.8 Å². The molecule has 84 valence electrons. The maximum atomic E-state index is 11.4. The fourth-order valence-corrected chi connectivity index (χ4v) is 1.61. The summed E-state index contributed by atoms with van der Waals surface area (Å²) in [5.41, 5.74) is 2.06. The third-order valence-electron chi connectivity index (χ3n) is 2.20. The number of amides is 1. The summed E-state index contributed by atoms with van der Waals surface area (Å²) in [5, 5.41) is 10.6. The van der Waals surface area contributed by atoms with Crippen molar-refractivity contribution in [1.82, 2.24) is 15.5 Å². The number of alkyl halides is 1. The number of carbonyl (C=O) groups is 1. The first kappa shape index (κ1) is 12.2. The molecule has 2 N–H and O–H groups in total. The molecule has 1 amide bonds. The summed E-state index contributed by atoms with van der Waals surface area (Å²) in [5.74, 6) is 0.108. The zero-order chi connectivity index (χ0) is 11.1. The monoisotopic (exact) mass is 273 g/mol. The quantitative estimate of drug-likeness (QED) is 0.615. The molecule has 1 heterocycles. The molecule has 4 nitrogen and oxygen atoms in total. The van der Waals surface area contributed by atoms with E-state index < -0.39 is 0 Å². The van der Waals surface area contributed by atoms with Crippen molar-refractivity contribution in [3.8, 4) is 0 Å². The molecule has 0 fully saturated rings. The predicted molar refractivity (Wildman–Crippen MR) is 62.8 cm³/mol. The molecule has 0 aliphatic rings. The highest BCUT2D eigenvalue weighted by Crippen LogP contribution is 2.02. The summed E-state index contributed by atoms with van der Waals surface area (Å²) in [6, 6.07) is 0. The second kappa shape index (κ2) is 6.61. The molecular weight excluding hydrogens is 258 g/mol. The lowest BCUT2D eigenvalue weighted by Crippen LogP contribution is -2.22. The van der Waals surface area contributed by atoms with Gasteiger partial charge in [0, 0.05) is 29.6 Å². The van der Waals surface area contributed by atoms with E-state index >= 15 is 0 Å². The smallest absolute Gasteiger partial charge is 0.220 e. The summed E-state index contributed by atoms with van der Waals surface area (Å²) >= 11 is 3.34. The van der Waals surface area contributed by atoms with E-state index in [1.807, 2.05) is 6.92 Å². The summed E-state index contributed by atoms with van der Waals surface area (Å²) in [4.78, 5) is 11.4. The average Bonchev–Trinajstić information content (AvgIpc) is 2.61. The lowest BCUT2D eigenvalue weighted by atomic mass is 10.2. The first-order valence-electron chi connectivity index (χ1n) is 5.05. The summed E-state index contributed by atoms with van der Waals surface area (Å²) in [6.45, 7) is 2.51. The van der Waals surface area contributed by atoms with Crippen LogP contribution in [0.3, 0.4) is 0 Å². The maximum Gasteiger partial charge on any atom is 0.220 e. The Morgan fingerprint density at radius 1 is 1.60 bits per heavy atom. The second-order valence-electron chi connectivity index (χ2n) is 3.44. The highest BCUT2D eigenvalue weighted by atomic mass is 79.9. The fraction of sp³-hybridized carbons (Fsp3) is 0.600. The van der Waals surface area contributed by atoms with E-state index in [1.54, 1.807) is 6.20 Å². The number of aromatic amines is 1. The molecule has 0 saturated carbocycles. The average molecular weight is 274 g/mol. The van der Waals surface area contributed by atoms with Crippen LogP contribution < -0.4 is 5.32 Å². The normalized spacial score (nSPS) is 10.3. The van der Waals surface area contributed by atoms with Crippen LogP contribution in [0.4, 0.5) is 0 Å². The van der Waals surface area contributed by atoms with E-state index in [9.17, 15) is 4.79 Å². The molecule has 0 aliphatic carbocycles. The van der Waals surface area contributed by atoms with Gasteiger partial charge < -0.3 is 5.32 Å². The van der Waals surface area contributed by atoms with E-state index in [1.165, 1.54) is 0 Å². The van der Waals surface area contributed by atoms with Crippen molar-refractivity contribution in [3.63, 3.8) is 0 Å². The van der Waals surface area contributed by atoms with E-state index in [0.29, 0.717) is 13.0 Å². The van der Waals surface area contributed by atoms with Gasteiger partial charge >= 0.3 is 0 Å². The van der Waals surface area contributed by atoms with Crippen molar-refractivity contribution in [2.75, 3.05) is 5.33 Å². The number of nitrogens with zero attached hydrogens (tertiary/aromatic N) is 1. The predicted octanol–water partition coefficient (Wildman–Crippen LogP) is 1.90. The van der Waals surface area contributed by atoms with E-state index in [0.717, 1.165) is 29.4 Å². The fourth-order valence-electron chi connectivity index (χ4n) is 1.22. The van der Waals surface area contributed by atoms with Gasteiger partial charge in [0.25, 0.3) is 0 Å². The Labute approximate surface area is 98.0 Å². The first-order valence-corrected chi connectivity index (χ1v) is 6.17. The standard InChI is InChI=1S/C10H16BrN3O/c1-8-9(7-13-14-8)6-12-10(15)4-2-3-5-11/h7H,2-6H2,1H3,(H,12,15)(H,13,14). The molecule has 0 bridgehead atoms. The number of unbranched alkanes of at least 4 members (excludes halogenated alkanes) is 1. The van der Waals surface area contributed by atoms with Crippen molar-refractivity contribution in [2.45, 2.75) is 32.7 Å². The van der Waals surface area contributed by atoms with Crippen molar-refractivity contribution in [3.05, 3.63) is 17.5 Å². The first-order chi connectivity index (χ1) is 7.24. The molecule has 0 saturated heterocycles. The number of rotatable bonds is 6. The zero-order valence-electron chi connectivity index (χ0n) is 8.85. The molecule has 1 aromatic rings. The van der Waals surface area contributed by atoms with Crippen LogP contribution in [0, 0.1) is 6.92 Å². The third kappa shape index (κ3) is 4.46. The van der Waals surface area contributed by atoms with Gasteiger partial charge in [-0.15, -0.1) is 0 Å². The van der Waals surface area contributed by atoms with Gasteiger partial charge in [0.05, 0.1) is 6.20 Å². The Morgan fingerprint density at radius 3 is 3.00 bits per heavy atom. The van der Waals surface area contributed by atoms with Crippen LogP contribution in [-0.2, 0) is 11.3 Å². The summed E-state index contributed by atoms with van der Waals surface area (Å²) < 4.78 is 0. The number of H-pyrrole nitrogens is 1. The number of aryl methyl sites for hydroxylation is 1. The highest BCUT2D eigenvalue weighted by Gasteiger charge is 2.03. The Balaban J connectivity index is 2.20. The minimum Gasteiger partial charge on any atom is -0.352 e. The number of nitrogens with one attached hydrogen (secondary N) is 2. The molecule has 0 unspecified atom stereocenters. The van der Waals surface area contributed by atoms with Gasteiger partial charge in [0.1, 0.15) is 0 Å². The van der Waals surface area contributed by atoms with E-state index in [2.05, 4.69) is 31.4 Å². The zero-order valence-corrected chi connectivity index (χ0v) is 10.4. The van der Waals surface area contributed by atoms with Crippen molar-refractivity contribution >= 4 is 21.8 Å². The summed E-state index contributed by atoms with van der Waals surface area (Å²) in [6.07, 6.45) is 4.32. The van der Waals surface area contributed by atoms with Gasteiger partial charge in [0.15, 0.2) is 0 Å². The van der Waals surface area contributed by atoms with Crippen LogP contribution in [0.5, 0.6) is 0 Å². The third-order valence-corrected chi connectivity index (χ3v) is 2.76. The molecule has 5 heteroatoms. The Bertz CT molecular complexity index is 311. The number of carbonyl (C=O) groups excluding carboxylic acids is 1. The van der Waals surface area contributed by atoms with Gasteiger partial charge in [-0.2, -0.15) is 5.10 Å². The largest absolute Gasteiger partial charge is 0.352 e. The number of hydrogen-bond donors (Lipinski definition) is 2. The lowest BCUT2D eigenvalue weighted by Gasteiger charge is -2.03. The molecule has 1 aromatic heterocycles. The molecule has 0 spiro atoms. The van der Waals surface area contributed by atoms with Crippen LogP contribution >= 0.6 is 15.9 Å². The molecule has 0 aromatic carbocycles. The van der Waals surface area contributed by atoms with Crippen LogP contribution in [0.25, 0.3) is 0 Å². The van der Waals surface area contributed by atoms with Crippen molar-refractivity contribution in [2.24, 2.45) is 0 Å². The Kier molecular flexibility index (Phi) is 5.39. The van der Waals surface area contributed by atoms with Gasteiger partial charge in [-0.3, -0.25) is 9.89 Å². The minimum atomic E-state index is 0.108.